The number of hydrogen-bond acceptors (Lipinski definition) is 7. The van der Waals surface area contributed by atoms with Crippen LogP contribution in [0.1, 0.15) is 6.92 Å². The van der Waals surface area contributed by atoms with Crippen molar-refractivity contribution in [1.82, 2.24) is 9.55 Å². The zero-order chi connectivity index (χ0) is 14.9. The molecule has 1 amide bonds. The third-order valence-corrected chi connectivity index (χ3v) is 2.62. The number of amides is 1. The van der Waals surface area contributed by atoms with Crippen LogP contribution in [-0.4, -0.2) is 49.6 Å². The van der Waals surface area contributed by atoms with E-state index in [0.717, 1.165) is 4.57 Å². The first-order valence-electron chi connectivity index (χ1n) is 5.70. The third-order valence-electron chi connectivity index (χ3n) is 2.62. The summed E-state index contributed by atoms with van der Waals surface area (Å²) in [4.78, 5) is 26.2. The van der Waals surface area contributed by atoms with Crippen LogP contribution in [0.15, 0.2) is 22.8 Å². The molecule has 2 rings (SSSR count). The number of anilines is 1. The number of nitrogens with one attached hydrogen (secondary N) is 1. The van der Waals surface area contributed by atoms with Crippen LogP contribution in [0.3, 0.4) is 0 Å². The molecule has 0 saturated carbocycles. The fourth-order valence-corrected chi connectivity index (χ4v) is 1.70. The van der Waals surface area contributed by atoms with Gasteiger partial charge in [0.15, 0.2) is 18.0 Å². The van der Waals surface area contributed by atoms with Crippen LogP contribution < -0.4 is 11.0 Å². The average molecular weight is 283 g/mol. The van der Waals surface area contributed by atoms with Crippen molar-refractivity contribution in [3.8, 4) is 0 Å². The highest BCUT2D eigenvalue weighted by Gasteiger charge is 2.36. The van der Waals surface area contributed by atoms with E-state index in [1.807, 2.05) is 0 Å². The van der Waals surface area contributed by atoms with Gasteiger partial charge in [0.2, 0.25) is 11.8 Å². The first-order valence-corrected chi connectivity index (χ1v) is 5.70. The van der Waals surface area contributed by atoms with Gasteiger partial charge in [0.1, 0.15) is 5.82 Å². The molecule has 0 bridgehead atoms. The van der Waals surface area contributed by atoms with Gasteiger partial charge >= 0.3 is 5.69 Å². The Kier molecular flexibility index (Phi) is 3.72. The van der Waals surface area contributed by atoms with Crippen molar-refractivity contribution in [3.05, 3.63) is 28.5 Å². The Balaban J connectivity index is 2.35. The molecular weight excluding hydrogens is 270 g/mol. The lowest BCUT2D eigenvalue weighted by Gasteiger charge is -2.12. The minimum atomic E-state index is -1.42. The Morgan fingerprint density at radius 1 is 1.60 bits per heavy atom. The van der Waals surface area contributed by atoms with Gasteiger partial charge in [-0.15, -0.1) is 0 Å². The maximum atomic E-state index is 11.8. The van der Waals surface area contributed by atoms with E-state index in [2.05, 4.69) is 10.3 Å². The number of carbonyl (C=O) groups is 1. The number of aromatic nitrogens is 2. The van der Waals surface area contributed by atoms with Gasteiger partial charge in [-0.2, -0.15) is 4.98 Å². The van der Waals surface area contributed by atoms with E-state index in [9.17, 15) is 19.8 Å². The van der Waals surface area contributed by atoms with Crippen LogP contribution >= 0.6 is 0 Å². The largest absolute Gasteiger partial charge is 0.505 e. The number of aliphatic hydroxyl groups is 3. The van der Waals surface area contributed by atoms with Crippen LogP contribution in [0.2, 0.25) is 0 Å². The highest BCUT2D eigenvalue weighted by Crippen LogP contribution is 2.26. The van der Waals surface area contributed by atoms with E-state index in [1.54, 1.807) is 0 Å². The number of nitrogens with zero attached hydrogens (tertiary/aromatic N) is 2. The first-order chi connectivity index (χ1) is 9.43. The molecule has 4 N–H and O–H groups in total. The lowest BCUT2D eigenvalue weighted by Crippen LogP contribution is -2.28. The second-order valence-electron chi connectivity index (χ2n) is 4.12. The van der Waals surface area contributed by atoms with Crippen molar-refractivity contribution < 1.29 is 24.9 Å². The summed E-state index contributed by atoms with van der Waals surface area (Å²) in [5, 5.41) is 30.5. The van der Waals surface area contributed by atoms with Crippen molar-refractivity contribution in [1.29, 1.82) is 0 Å². The molecule has 0 aromatic carbocycles. The zero-order valence-electron chi connectivity index (χ0n) is 10.5. The van der Waals surface area contributed by atoms with Gasteiger partial charge in [0, 0.05) is 13.1 Å². The summed E-state index contributed by atoms with van der Waals surface area (Å²) >= 11 is 0. The van der Waals surface area contributed by atoms with Gasteiger partial charge < -0.3 is 25.4 Å². The Morgan fingerprint density at radius 2 is 2.30 bits per heavy atom. The fourth-order valence-electron chi connectivity index (χ4n) is 1.70. The molecule has 9 nitrogen and oxygen atoms in total. The SMILES string of the molecule is CC(=O)Nc1ccn(C2=C(O)C(O)[C@@H](CO)O2)c(=O)n1. The maximum Gasteiger partial charge on any atom is 0.356 e. The van der Waals surface area contributed by atoms with Gasteiger partial charge in [-0.25, -0.2) is 9.36 Å². The van der Waals surface area contributed by atoms with Crippen molar-refractivity contribution in [2.45, 2.75) is 19.1 Å². The Bertz CT molecular complexity index is 623. The Hall–Kier alpha value is -2.39. The smallest absolute Gasteiger partial charge is 0.356 e. The molecule has 1 aromatic rings. The summed E-state index contributed by atoms with van der Waals surface area (Å²) in [6, 6.07) is 1.32. The monoisotopic (exact) mass is 283 g/mol. The molecular formula is C11H13N3O6. The maximum absolute atomic E-state index is 11.8. The summed E-state index contributed by atoms with van der Waals surface area (Å²) in [6.07, 6.45) is -1.25. The van der Waals surface area contributed by atoms with Gasteiger partial charge in [0.25, 0.3) is 0 Å². The minimum absolute atomic E-state index is 0.0519. The molecule has 0 radical (unpaired) electrons. The molecule has 1 aliphatic rings. The standard InChI is InChI=1S/C11H13N3O6/c1-5(16)12-7-2-3-14(11(19)13-7)10-9(18)8(17)6(4-15)20-10/h2-3,6,8,15,17-18H,4H2,1H3,(H,12,13,16,19)/t6-,8?/m1/s1. The van der Waals surface area contributed by atoms with Gasteiger partial charge in [-0.3, -0.25) is 4.79 Å². The van der Waals surface area contributed by atoms with E-state index >= 15 is 0 Å². The lowest BCUT2D eigenvalue weighted by molar-refractivity contribution is -0.114. The number of aliphatic hydroxyl groups excluding tert-OH is 3. The van der Waals surface area contributed by atoms with E-state index in [1.165, 1.54) is 19.2 Å². The summed E-state index contributed by atoms with van der Waals surface area (Å²) < 4.78 is 5.95. The van der Waals surface area contributed by atoms with E-state index in [-0.39, 0.29) is 17.6 Å². The van der Waals surface area contributed by atoms with Gasteiger partial charge in [-0.1, -0.05) is 0 Å². The number of ether oxygens (including phenoxy) is 1. The number of carbonyl (C=O) groups excluding carboxylic acids is 1. The van der Waals surface area contributed by atoms with Crippen LogP contribution in [0.5, 0.6) is 0 Å². The molecule has 20 heavy (non-hydrogen) atoms. The van der Waals surface area contributed by atoms with Crippen LogP contribution in [-0.2, 0) is 9.53 Å². The summed E-state index contributed by atoms with van der Waals surface area (Å²) in [7, 11) is 0. The normalized spacial score (nSPS) is 21.8. The molecule has 2 atom stereocenters. The number of rotatable bonds is 3. The van der Waals surface area contributed by atoms with E-state index in [4.69, 9.17) is 9.84 Å². The minimum Gasteiger partial charge on any atom is -0.505 e. The Morgan fingerprint density at radius 3 is 2.80 bits per heavy atom. The van der Waals surface area contributed by atoms with E-state index in [0.29, 0.717) is 0 Å². The van der Waals surface area contributed by atoms with Crippen molar-refractivity contribution in [2.24, 2.45) is 0 Å². The number of hydrogen-bond donors (Lipinski definition) is 4. The molecule has 1 aromatic heterocycles. The molecule has 0 saturated heterocycles. The molecule has 1 unspecified atom stereocenters. The molecule has 2 heterocycles. The second-order valence-corrected chi connectivity index (χ2v) is 4.12. The molecule has 108 valence electrons. The van der Waals surface area contributed by atoms with Gasteiger partial charge in [0.05, 0.1) is 6.61 Å². The molecule has 0 spiro atoms. The molecule has 0 fully saturated rings. The molecule has 0 aliphatic carbocycles. The van der Waals surface area contributed by atoms with E-state index < -0.39 is 30.3 Å². The average Bonchev–Trinajstić information content (AvgIpc) is 2.66. The van der Waals surface area contributed by atoms with Crippen molar-refractivity contribution in [3.63, 3.8) is 0 Å². The first kappa shape index (κ1) is 14.0. The predicted octanol–water partition coefficient (Wildman–Crippen LogP) is -1.36. The van der Waals surface area contributed by atoms with Gasteiger partial charge in [-0.05, 0) is 6.07 Å². The highest BCUT2D eigenvalue weighted by molar-refractivity contribution is 5.87. The quantitative estimate of drug-likeness (QED) is 0.538. The third kappa shape index (κ3) is 2.49. The summed E-state index contributed by atoms with van der Waals surface area (Å²) in [5.41, 5.74) is -0.816. The van der Waals surface area contributed by atoms with Crippen LogP contribution in [0.4, 0.5) is 5.82 Å². The molecule has 9 heteroatoms. The summed E-state index contributed by atoms with van der Waals surface area (Å²) in [5.74, 6) is -1.20. The fraction of sp³-hybridized carbons (Fsp3) is 0.364. The summed E-state index contributed by atoms with van der Waals surface area (Å²) in [6.45, 7) is 0.741. The zero-order valence-corrected chi connectivity index (χ0v) is 10.5. The van der Waals surface area contributed by atoms with Crippen LogP contribution in [0, 0.1) is 0 Å². The highest BCUT2D eigenvalue weighted by atomic mass is 16.5. The van der Waals surface area contributed by atoms with Crippen LogP contribution in [0.25, 0.3) is 5.88 Å². The van der Waals surface area contributed by atoms with Crippen molar-refractivity contribution in [2.75, 3.05) is 11.9 Å². The second kappa shape index (κ2) is 5.31. The predicted molar refractivity (Wildman–Crippen MR) is 66.6 cm³/mol. The van der Waals surface area contributed by atoms with Crippen molar-refractivity contribution >= 4 is 17.6 Å². The Labute approximate surface area is 112 Å². The lowest BCUT2D eigenvalue weighted by atomic mass is 10.2. The topological polar surface area (TPSA) is 134 Å². The molecule has 1 aliphatic heterocycles.